The summed E-state index contributed by atoms with van der Waals surface area (Å²) in [5, 5.41) is 10.6. The van der Waals surface area contributed by atoms with Crippen LogP contribution >= 0.6 is 34.1 Å². The number of carbonyl (C=O) groups excluding carboxylic acids is 2. The number of aliphatic hydroxyl groups excluding tert-OH is 1. The monoisotopic (exact) mass is 507 g/mol. The number of alkyl halides is 1. The van der Waals surface area contributed by atoms with Crippen LogP contribution in [0, 0.1) is 0 Å². The largest absolute Gasteiger partial charge is 0.390 e. The standard InChI is InChI=1S/C14H15BrN5O7PS/c15-1-6(21)7(22)3-29-28(24)25-2-8-11(27-28)10(23)14(26-8)20-5-19-9-12(16)17-4-18-13(9)20/h4-5,8,10-11,14,23H,1-3H2,(H2,16,17,18)/t8-,10?,11?,14-,28?/m1/s1. The quantitative estimate of drug-likeness (QED) is 0.315. The van der Waals surface area contributed by atoms with Gasteiger partial charge >= 0.3 is 6.80 Å². The smallest absolute Gasteiger partial charge is 0.386 e. The second-order valence-electron chi connectivity index (χ2n) is 6.21. The molecule has 3 unspecified atom stereocenters. The Hall–Kier alpha value is -1.41. The lowest BCUT2D eigenvalue weighted by atomic mass is 10.1. The number of anilines is 1. The molecule has 156 valence electrons. The fourth-order valence-corrected chi connectivity index (χ4v) is 6.52. The van der Waals surface area contributed by atoms with Gasteiger partial charge in [-0.05, 0) is 11.4 Å². The zero-order valence-electron chi connectivity index (χ0n) is 14.6. The van der Waals surface area contributed by atoms with Crippen LogP contribution in [0.4, 0.5) is 5.82 Å². The number of ketones is 2. The van der Waals surface area contributed by atoms with Gasteiger partial charge in [0.2, 0.25) is 11.6 Å². The molecule has 0 bridgehead atoms. The predicted molar refractivity (Wildman–Crippen MR) is 104 cm³/mol. The molecular weight excluding hydrogens is 493 g/mol. The third kappa shape index (κ3) is 3.85. The van der Waals surface area contributed by atoms with E-state index in [2.05, 4.69) is 30.9 Å². The molecule has 4 heterocycles. The van der Waals surface area contributed by atoms with Crippen molar-refractivity contribution >= 4 is 62.7 Å². The summed E-state index contributed by atoms with van der Waals surface area (Å²) in [5.74, 6) is -1.53. The van der Waals surface area contributed by atoms with Crippen LogP contribution in [0.5, 0.6) is 0 Å². The first-order valence-electron chi connectivity index (χ1n) is 8.29. The summed E-state index contributed by atoms with van der Waals surface area (Å²) in [6.45, 7) is -3.88. The molecule has 3 N–H and O–H groups in total. The van der Waals surface area contributed by atoms with Crippen LogP contribution in [0.1, 0.15) is 6.23 Å². The Morgan fingerprint density at radius 1 is 1.38 bits per heavy atom. The van der Waals surface area contributed by atoms with Gasteiger partial charge in [-0.15, -0.1) is 0 Å². The number of imidazole rings is 1. The lowest BCUT2D eigenvalue weighted by Gasteiger charge is -2.30. The average Bonchev–Trinajstić information content (AvgIpc) is 3.28. The molecule has 2 fully saturated rings. The molecule has 0 spiro atoms. The van der Waals surface area contributed by atoms with Crippen molar-refractivity contribution in [2.75, 3.05) is 23.4 Å². The number of rotatable bonds is 6. The molecule has 0 aromatic carbocycles. The number of nitrogen functional groups attached to an aromatic ring is 1. The normalized spacial score (nSPS) is 31.7. The van der Waals surface area contributed by atoms with Crippen molar-refractivity contribution in [3.05, 3.63) is 12.7 Å². The summed E-state index contributed by atoms with van der Waals surface area (Å²) in [7, 11) is 0. The molecule has 2 saturated heterocycles. The fraction of sp³-hybridized carbons (Fsp3) is 0.500. The SMILES string of the molecule is Nc1ncnc2c1ncn2[C@@H]1O[C@@H]2COP(=O)(SCC(=O)C(=O)CBr)OC2C1O. The van der Waals surface area contributed by atoms with E-state index in [0.29, 0.717) is 22.5 Å². The maximum Gasteiger partial charge on any atom is 0.390 e. The Labute approximate surface area is 175 Å². The van der Waals surface area contributed by atoms with E-state index in [0.717, 1.165) is 0 Å². The van der Waals surface area contributed by atoms with Gasteiger partial charge in [0.05, 0.1) is 24.0 Å². The summed E-state index contributed by atoms with van der Waals surface area (Å²) >= 11 is 3.50. The number of hydrogen-bond acceptors (Lipinski definition) is 12. The van der Waals surface area contributed by atoms with Gasteiger partial charge in [-0.2, -0.15) is 0 Å². The molecule has 29 heavy (non-hydrogen) atoms. The van der Waals surface area contributed by atoms with Crippen molar-refractivity contribution in [3.8, 4) is 0 Å². The molecule has 2 aliphatic rings. The zero-order chi connectivity index (χ0) is 20.8. The number of hydrogen-bond donors (Lipinski definition) is 2. The molecule has 4 rings (SSSR count). The lowest BCUT2D eigenvalue weighted by Crippen LogP contribution is -2.39. The van der Waals surface area contributed by atoms with Crippen molar-refractivity contribution in [1.82, 2.24) is 19.5 Å². The minimum atomic E-state index is -3.77. The van der Waals surface area contributed by atoms with Crippen LogP contribution in [0.15, 0.2) is 12.7 Å². The summed E-state index contributed by atoms with van der Waals surface area (Å²) in [6.07, 6.45) is -1.15. The van der Waals surface area contributed by atoms with Crippen molar-refractivity contribution in [2.24, 2.45) is 0 Å². The van der Waals surface area contributed by atoms with E-state index in [1.807, 2.05) is 0 Å². The van der Waals surface area contributed by atoms with Gasteiger partial charge in [0.15, 0.2) is 17.7 Å². The molecule has 5 atom stereocenters. The van der Waals surface area contributed by atoms with Crippen LogP contribution < -0.4 is 5.73 Å². The molecule has 0 radical (unpaired) electrons. The number of halogens is 1. The van der Waals surface area contributed by atoms with Crippen molar-refractivity contribution in [1.29, 1.82) is 0 Å². The first kappa shape index (κ1) is 20.8. The minimum absolute atomic E-state index is 0.118. The number of ether oxygens (including phenoxy) is 1. The summed E-state index contributed by atoms with van der Waals surface area (Å²) < 4.78 is 30.9. The molecule has 2 aromatic heterocycles. The molecular formula is C14H15BrN5O7PS. The van der Waals surface area contributed by atoms with E-state index in [4.69, 9.17) is 19.5 Å². The summed E-state index contributed by atoms with van der Waals surface area (Å²) in [5.41, 5.74) is 6.49. The molecule has 2 aromatic rings. The van der Waals surface area contributed by atoms with Crippen LogP contribution in [0.2, 0.25) is 0 Å². The molecule has 12 nitrogen and oxygen atoms in total. The maximum atomic E-state index is 12.8. The Bertz CT molecular complexity index is 1020. The Morgan fingerprint density at radius 3 is 2.93 bits per heavy atom. The van der Waals surface area contributed by atoms with E-state index < -0.39 is 42.9 Å². The van der Waals surface area contributed by atoms with Crippen molar-refractivity contribution in [3.63, 3.8) is 0 Å². The molecule has 0 amide bonds. The summed E-state index contributed by atoms with van der Waals surface area (Å²) in [6, 6.07) is 0. The van der Waals surface area contributed by atoms with Crippen LogP contribution in [-0.2, 0) is 27.9 Å². The Kier molecular flexibility index (Phi) is 5.77. The van der Waals surface area contributed by atoms with E-state index in [1.54, 1.807) is 0 Å². The van der Waals surface area contributed by atoms with Gasteiger partial charge in [-0.3, -0.25) is 23.2 Å². The fourth-order valence-electron chi connectivity index (χ4n) is 2.97. The first-order valence-corrected chi connectivity index (χ1v) is 12.5. The number of nitrogens with two attached hydrogens (primary N) is 1. The van der Waals surface area contributed by atoms with Crippen molar-refractivity contribution in [2.45, 2.75) is 24.5 Å². The van der Waals surface area contributed by atoms with E-state index in [1.165, 1.54) is 17.2 Å². The highest BCUT2D eigenvalue weighted by atomic mass is 79.9. The number of Topliss-reactive ketones (excluding diaryl/α,β-unsaturated/α-hetero) is 2. The highest BCUT2D eigenvalue weighted by Crippen LogP contribution is 2.65. The molecule has 2 aliphatic heterocycles. The van der Waals surface area contributed by atoms with Gasteiger partial charge in [-0.25, -0.2) is 19.5 Å². The Morgan fingerprint density at radius 2 is 2.17 bits per heavy atom. The number of aromatic nitrogens is 4. The zero-order valence-corrected chi connectivity index (χ0v) is 17.9. The van der Waals surface area contributed by atoms with Crippen LogP contribution in [0.25, 0.3) is 11.2 Å². The van der Waals surface area contributed by atoms with Gasteiger partial charge in [-0.1, -0.05) is 15.9 Å². The molecule has 0 aliphatic carbocycles. The van der Waals surface area contributed by atoms with Gasteiger partial charge in [0, 0.05) is 0 Å². The topological polar surface area (TPSA) is 169 Å². The molecule has 0 saturated carbocycles. The highest BCUT2D eigenvalue weighted by molar-refractivity contribution is 9.09. The Balaban J connectivity index is 1.50. The highest BCUT2D eigenvalue weighted by Gasteiger charge is 2.53. The average molecular weight is 508 g/mol. The van der Waals surface area contributed by atoms with Crippen molar-refractivity contribution < 1.29 is 33.0 Å². The number of fused-ring (bicyclic) bond motifs is 2. The first-order chi connectivity index (χ1) is 13.8. The van der Waals surface area contributed by atoms with Gasteiger partial charge in [0.1, 0.15) is 30.2 Å². The lowest BCUT2D eigenvalue weighted by molar-refractivity contribution is -0.133. The number of nitrogens with zero attached hydrogens (tertiary/aromatic N) is 4. The predicted octanol–water partition coefficient (Wildman–Crippen LogP) is 0.457. The van der Waals surface area contributed by atoms with E-state index in [9.17, 15) is 19.3 Å². The van der Waals surface area contributed by atoms with Crippen LogP contribution in [0.3, 0.4) is 0 Å². The summed E-state index contributed by atoms with van der Waals surface area (Å²) in [4.78, 5) is 35.1. The number of carbonyl (C=O) groups is 2. The van der Waals surface area contributed by atoms with Gasteiger partial charge in [0.25, 0.3) is 0 Å². The second-order valence-corrected chi connectivity index (χ2v) is 10.8. The van der Waals surface area contributed by atoms with Crippen LogP contribution in [-0.4, -0.2) is 72.2 Å². The van der Waals surface area contributed by atoms with Gasteiger partial charge < -0.3 is 15.6 Å². The van der Waals surface area contributed by atoms with E-state index >= 15 is 0 Å². The maximum absolute atomic E-state index is 12.8. The third-order valence-electron chi connectivity index (χ3n) is 4.40. The second kappa shape index (κ2) is 8.02. The van der Waals surface area contributed by atoms with E-state index in [-0.39, 0.29) is 23.5 Å². The third-order valence-corrected chi connectivity index (χ3v) is 8.50. The number of aliphatic hydroxyl groups is 1. The minimum Gasteiger partial charge on any atom is -0.386 e. The molecule has 15 heteroatoms.